The summed E-state index contributed by atoms with van der Waals surface area (Å²) in [4.78, 5) is 10.7. The summed E-state index contributed by atoms with van der Waals surface area (Å²) < 4.78 is 0. The van der Waals surface area contributed by atoms with E-state index in [1.54, 1.807) is 6.92 Å². The molecule has 2 N–H and O–H groups in total. The van der Waals surface area contributed by atoms with Crippen molar-refractivity contribution in [3.63, 3.8) is 0 Å². The number of aliphatic hydroxyl groups excluding tert-OH is 1. The summed E-state index contributed by atoms with van der Waals surface area (Å²) in [5.74, 6) is 0.716. The molecule has 0 saturated heterocycles. The number of hydrogen-bond donors (Lipinski definition) is 2. The second-order valence-corrected chi connectivity index (χ2v) is 5.36. The SMILES string of the molecule is C[C@@H](C(=O)O)[C@H](O)C[C@H]1C[C@@H]2CC[C@@H]1C2. The van der Waals surface area contributed by atoms with Crippen LogP contribution in [0, 0.1) is 23.7 Å². The van der Waals surface area contributed by atoms with Gasteiger partial charge < -0.3 is 10.2 Å². The molecule has 5 atom stereocenters. The Hall–Kier alpha value is -0.570. The quantitative estimate of drug-likeness (QED) is 0.748. The average molecular weight is 212 g/mol. The van der Waals surface area contributed by atoms with Gasteiger partial charge in [-0.3, -0.25) is 4.79 Å². The van der Waals surface area contributed by atoms with Gasteiger partial charge >= 0.3 is 5.97 Å². The van der Waals surface area contributed by atoms with Gasteiger partial charge in [0.25, 0.3) is 0 Å². The fourth-order valence-electron chi connectivity index (χ4n) is 3.34. The molecule has 3 nitrogen and oxygen atoms in total. The highest BCUT2D eigenvalue weighted by Crippen LogP contribution is 2.50. The first-order valence-corrected chi connectivity index (χ1v) is 5.98. The fourth-order valence-corrected chi connectivity index (χ4v) is 3.34. The molecule has 0 aliphatic heterocycles. The molecule has 2 rings (SSSR count). The van der Waals surface area contributed by atoms with Crippen LogP contribution in [0.1, 0.15) is 39.0 Å². The van der Waals surface area contributed by atoms with Gasteiger partial charge in [-0.15, -0.1) is 0 Å². The second kappa shape index (κ2) is 4.12. The van der Waals surface area contributed by atoms with Crippen LogP contribution in [0.3, 0.4) is 0 Å². The molecule has 0 aromatic carbocycles. The number of fused-ring (bicyclic) bond motifs is 2. The predicted octanol–water partition coefficient (Wildman–Crippen LogP) is 1.89. The van der Waals surface area contributed by atoms with Crippen molar-refractivity contribution in [3.05, 3.63) is 0 Å². The minimum atomic E-state index is -0.884. The normalized spacial score (nSPS) is 37.9. The molecule has 86 valence electrons. The molecule has 2 bridgehead atoms. The van der Waals surface area contributed by atoms with E-state index >= 15 is 0 Å². The highest BCUT2D eigenvalue weighted by Gasteiger charge is 2.40. The van der Waals surface area contributed by atoms with Crippen LogP contribution in [0.25, 0.3) is 0 Å². The van der Waals surface area contributed by atoms with E-state index in [2.05, 4.69) is 0 Å². The van der Waals surface area contributed by atoms with Gasteiger partial charge in [-0.05, 0) is 50.4 Å². The fraction of sp³-hybridized carbons (Fsp3) is 0.917. The minimum Gasteiger partial charge on any atom is -0.481 e. The molecule has 0 radical (unpaired) electrons. The van der Waals surface area contributed by atoms with Crippen LogP contribution < -0.4 is 0 Å². The van der Waals surface area contributed by atoms with Crippen LogP contribution in [0.15, 0.2) is 0 Å². The lowest BCUT2D eigenvalue weighted by Gasteiger charge is -2.25. The van der Waals surface area contributed by atoms with Crippen LogP contribution in [0.2, 0.25) is 0 Å². The van der Waals surface area contributed by atoms with E-state index < -0.39 is 18.0 Å². The number of carboxylic acids is 1. The second-order valence-electron chi connectivity index (χ2n) is 5.36. The van der Waals surface area contributed by atoms with Crippen molar-refractivity contribution in [3.8, 4) is 0 Å². The van der Waals surface area contributed by atoms with Gasteiger partial charge in [0, 0.05) is 0 Å². The molecule has 3 heteroatoms. The zero-order valence-electron chi connectivity index (χ0n) is 9.22. The number of hydrogen-bond acceptors (Lipinski definition) is 2. The van der Waals surface area contributed by atoms with Gasteiger partial charge in [0.2, 0.25) is 0 Å². The van der Waals surface area contributed by atoms with Gasteiger partial charge in [-0.25, -0.2) is 0 Å². The van der Waals surface area contributed by atoms with E-state index in [-0.39, 0.29) is 0 Å². The van der Waals surface area contributed by atoms with Gasteiger partial charge in [-0.2, -0.15) is 0 Å². The van der Waals surface area contributed by atoms with E-state index in [1.165, 1.54) is 25.7 Å². The predicted molar refractivity (Wildman–Crippen MR) is 56.4 cm³/mol. The molecular weight excluding hydrogens is 192 g/mol. The standard InChI is InChI=1S/C12H20O3/c1-7(12(14)15)11(13)6-10-5-8-2-3-9(10)4-8/h7-11,13H,2-6H2,1H3,(H,14,15)/t7-,8-,9-,10-,11-/m1/s1. The maximum atomic E-state index is 10.7. The van der Waals surface area contributed by atoms with Gasteiger partial charge in [0.15, 0.2) is 0 Å². The van der Waals surface area contributed by atoms with Gasteiger partial charge in [0.1, 0.15) is 0 Å². The minimum absolute atomic E-state index is 0.584. The Kier molecular flexibility index (Phi) is 3.01. The Bertz CT molecular complexity index is 251. The Balaban J connectivity index is 1.84. The molecule has 2 aliphatic carbocycles. The van der Waals surface area contributed by atoms with Crippen LogP contribution in [0.5, 0.6) is 0 Å². The number of carbonyl (C=O) groups is 1. The molecule has 0 heterocycles. The van der Waals surface area contributed by atoms with Gasteiger partial charge in [-0.1, -0.05) is 6.42 Å². The molecule has 2 fully saturated rings. The monoisotopic (exact) mass is 212 g/mol. The van der Waals surface area contributed by atoms with E-state index in [0.717, 1.165) is 11.8 Å². The summed E-state index contributed by atoms with van der Waals surface area (Å²) in [6, 6.07) is 0. The summed E-state index contributed by atoms with van der Waals surface area (Å²) in [7, 11) is 0. The number of rotatable bonds is 4. The number of aliphatic carboxylic acids is 1. The van der Waals surface area contributed by atoms with Crippen molar-refractivity contribution in [2.24, 2.45) is 23.7 Å². The van der Waals surface area contributed by atoms with Crippen LogP contribution in [-0.2, 0) is 4.79 Å². The number of aliphatic hydroxyl groups is 1. The summed E-state index contributed by atoms with van der Waals surface area (Å²) in [5.41, 5.74) is 0. The van der Waals surface area contributed by atoms with E-state index in [0.29, 0.717) is 12.3 Å². The summed E-state index contributed by atoms with van der Waals surface area (Å²) in [6.45, 7) is 1.60. The molecule has 2 aliphatic rings. The molecule has 0 amide bonds. The molecular formula is C12H20O3. The lowest BCUT2D eigenvalue weighted by atomic mass is 9.82. The molecule has 0 unspecified atom stereocenters. The topological polar surface area (TPSA) is 57.5 Å². The highest BCUT2D eigenvalue weighted by molar-refractivity contribution is 5.70. The van der Waals surface area contributed by atoms with Crippen molar-refractivity contribution in [2.45, 2.75) is 45.1 Å². The molecule has 0 aromatic rings. The molecule has 2 saturated carbocycles. The molecule has 0 spiro atoms. The Labute approximate surface area is 90.5 Å². The first-order chi connectivity index (χ1) is 7.08. The first-order valence-electron chi connectivity index (χ1n) is 5.98. The maximum Gasteiger partial charge on any atom is 0.308 e. The third-order valence-corrected chi connectivity index (χ3v) is 4.40. The van der Waals surface area contributed by atoms with Crippen molar-refractivity contribution in [1.29, 1.82) is 0 Å². The first kappa shape index (κ1) is 10.9. The van der Waals surface area contributed by atoms with Crippen molar-refractivity contribution < 1.29 is 15.0 Å². The van der Waals surface area contributed by atoms with E-state index in [9.17, 15) is 9.90 Å². The summed E-state index contributed by atoms with van der Waals surface area (Å²) >= 11 is 0. The smallest absolute Gasteiger partial charge is 0.308 e. The Morgan fingerprint density at radius 1 is 1.40 bits per heavy atom. The van der Waals surface area contributed by atoms with Gasteiger partial charge in [0.05, 0.1) is 12.0 Å². The van der Waals surface area contributed by atoms with Crippen LogP contribution >= 0.6 is 0 Å². The maximum absolute atomic E-state index is 10.7. The van der Waals surface area contributed by atoms with Crippen LogP contribution in [-0.4, -0.2) is 22.3 Å². The lowest BCUT2D eigenvalue weighted by Crippen LogP contribution is -2.29. The Morgan fingerprint density at radius 2 is 2.13 bits per heavy atom. The third-order valence-electron chi connectivity index (χ3n) is 4.40. The van der Waals surface area contributed by atoms with Crippen molar-refractivity contribution in [2.75, 3.05) is 0 Å². The highest BCUT2D eigenvalue weighted by atomic mass is 16.4. The average Bonchev–Trinajstić information content (AvgIpc) is 2.77. The summed E-state index contributed by atoms with van der Waals surface area (Å²) in [5, 5.41) is 18.6. The molecule has 0 aromatic heterocycles. The van der Waals surface area contributed by atoms with E-state index in [4.69, 9.17) is 5.11 Å². The number of carboxylic acid groups (broad SMARTS) is 1. The van der Waals surface area contributed by atoms with E-state index in [1.807, 2.05) is 0 Å². The largest absolute Gasteiger partial charge is 0.481 e. The van der Waals surface area contributed by atoms with Crippen molar-refractivity contribution in [1.82, 2.24) is 0 Å². The Morgan fingerprint density at radius 3 is 2.60 bits per heavy atom. The summed E-state index contributed by atoms with van der Waals surface area (Å²) in [6.07, 6.45) is 5.21. The zero-order chi connectivity index (χ0) is 11.0. The third kappa shape index (κ3) is 2.17. The van der Waals surface area contributed by atoms with Crippen LogP contribution in [0.4, 0.5) is 0 Å². The molecule has 15 heavy (non-hydrogen) atoms. The zero-order valence-corrected chi connectivity index (χ0v) is 9.22. The van der Waals surface area contributed by atoms with Crippen molar-refractivity contribution >= 4 is 5.97 Å². The lowest BCUT2D eigenvalue weighted by molar-refractivity contribution is -0.145.